The highest BCUT2D eigenvalue weighted by Gasteiger charge is 2.50. The maximum atomic E-state index is 14.1. The van der Waals surface area contributed by atoms with Crippen LogP contribution in [-0.2, 0) is 5.54 Å². The second-order valence-corrected chi connectivity index (χ2v) is 11.4. The van der Waals surface area contributed by atoms with E-state index in [4.69, 9.17) is 37.7 Å². The van der Waals surface area contributed by atoms with Gasteiger partial charge in [0.15, 0.2) is 0 Å². The van der Waals surface area contributed by atoms with Crippen LogP contribution in [0, 0.1) is 0 Å². The van der Waals surface area contributed by atoms with Crippen LogP contribution < -0.4 is 14.8 Å². The average Bonchev–Trinajstić information content (AvgIpc) is 3.22. The lowest BCUT2D eigenvalue weighted by Crippen LogP contribution is -2.47. The van der Waals surface area contributed by atoms with Crippen LogP contribution in [0.25, 0.3) is 0 Å². The van der Waals surface area contributed by atoms with E-state index in [0.29, 0.717) is 46.0 Å². The van der Waals surface area contributed by atoms with E-state index in [0.717, 1.165) is 11.1 Å². The van der Waals surface area contributed by atoms with Gasteiger partial charge in [-0.3, -0.25) is 9.89 Å². The van der Waals surface area contributed by atoms with E-state index >= 15 is 0 Å². The van der Waals surface area contributed by atoms with Gasteiger partial charge >= 0.3 is 6.03 Å². The molecule has 0 saturated heterocycles. The molecule has 0 aliphatic carbocycles. The number of rotatable bonds is 9. The van der Waals surface area contributed by atoms with Gasteiger partial charge in [0.2, 0.25) is 0 Å². The molecule has 0 bridgehead atoms. The zero-order valence-corrected chi connectivity index (χ0v) is 25.3. The number of likely N-dealkylation sites (N-methyl/N-ethyl adjacent to an activating group) is 1. The van der Waals surface area contributed by atoms with Crippen molar-refractivity contribution in [2.45, 2.75) is 38.5 Å². The van der Waals surface area contributed by atoms with Gasteiger partial charge in [-0.2, -0.15) is 0 Å². The Bertz CT molecular complexity index is 1360. The molecule has 1 heterocycles. The van der Waals surface area contributed by atoms with E-state index in [1.54, 1.807) is 12.0 Å². The van der Waals surface area contributed by atoms with Crippen LogP contribution in [0.1, 0.15) is 43.5 Å². The Morgan fingerprint density at radius 2 is 1.68 bits per heavy atom. The van der Waals surface area contributed by atoms with E-state index in [1.165, 1.54) is 0 Å². The van der Waals surface area contributed by atoms with Crippen molar-refractivity contribution in [1.29, 1.82) is 0 Å². The highest BCUT2D eigenvalue weighted by molar-refractivity contribution is 6.30. The lowest BCUT2D eigenvalue weighted by Gasteiger charge is -2.35. The first kappa shape index (κ1) is 29.7. The first-order valence-corrected chi connectivity index (χ1v) is 14.0. The standard InChI is InChI=1S/C31H36Cl2N4O3/c1-20(2)40-27-19-25(39-6)15-16-26(27)29-35-31(3,22-9-13-24(33)14-10-22)28(21-7-11-23(32)12-8-21)37(29)30(38)34-17-18-36(4)5/h7-16,19-20,28H,17-18H2,1-6H3,(H,34,38)/t28-,31+/m1/s1. The van der Waals surface area contributed by atoms with E-state index in [-0.39, 0.29) is 12.1 Å². The molecule has 212 valence electrons. The average molecular weight is 584 g/mol. The van der Waals surface area contributed by atoms with Crippen molar-refractivity contribution in [3.05, 3.63) is 93.5 Å². The number of halogens is 2. The molecule has 3 aromatic carbocycles. The van der Waals surface area contributed by atoms with Crippen molar-refractivity contribution in [3.8, 4) is 11.5 Å². The molecule has 4 rings (SSSR count). The summed E-state index contributed by atoms with van der Waals surface area (Å²) in [5.41, 5.74) is 1.64. The third kappa shape index (κ3) is 6.38. The minimum absolute atomic E-state index is 0.107. The fourth-order valence-corrected chi connectivity index (χ4v) is 5.13. The minimum atomic E-state index is -0.859. The van der Waals surface area contributed by atoms with E-state index < -0.39 is 11.6 Å². The van der Waals surface area contributed by atoms with E-state index in [9.17, 15) is 4.79 Å². The van der Waals surface area contributed by atoms with Crippen LogP contribution in [0.5, 0.6) is 11.5 Å². The number of benzene rings is 3. The monoisotopic (exact) mass is 582 g/mol. The normalized spacial score (nSPS) is 18.7. The van der Waals surface area contributed by atoms with Crippen LogP contribution in [0.2, 0.25) is 10.0 Å². The number of carbonyl (C=O) groups excluding carboxylic acids is 1. The largest absolute Gasteiger partial charge is 0.497 e. The molecule has 7 nitrogen and oxygen atoms in total. The Balaban J connectivity index is 1.95. The molecule has 2 amide bonds. The Hall–Kier alpha value is -3.26. The number of carbonyl (C=O) groups is 1. The van der Waals surface area contributed by atoms with Gasteiger partial charge in [0, 0.05) is 29.2 Å². The van der Waals surface area contributed by atoms with Gasteiger partial charge in [-0.1, -0.05) is 47.5 Å². The summed E-state index contributed by atoms with van der Waals surface area (Å²) < 4.78 is 11.7. The summed E-state index contributed by atoms with van der Waals surface area (Å²) in [6, 6.07) is 20.0. The second kappa shape index (κ2) is 12.5. The molecule has 0 aromatic heterocycles. The zero-order chi connectivity index (χ0) is 29.0. The quantitative estimate of drug-likeness (QED) is 0.302. The maximum Gasteiger partial charge on any atom is 0.323 e. The molecule has 0 fully saturated rings. The number of nitrogens with one attached hydrogen (secondary N) is 1. The summed E-state index contributed by atoms with van der Waals surface area (Å²) in [6.45, 7) is 7.11. The summed E-state index contributed by atoms with van der Waals surface area (Å²) in [4.78, 5) is 23.2. The van der Waals surface area contributed by atoms with Gasteiger partial charge in [-0.05, 0) is 82.4 Å². The summed E-state index contributed by atoms with van der Waals surface area (Å²) in [6.07, 6.45) is -0.107. The highest BCUT2D eigenvalue weighted by atomic mass is 35.5. The summed E-state index contributed by atoms with van der Waals surface area (Å²) in [5.74, 6) is 1.72. The third-order valence-corrected chi connectivity index (χ3v) is 7.32. The smallest absolute Gasteiger partial charge is 0.323 e. The van der Waals surface area contributed by atoms with Crippen LogP contribution in [0.4, 0.5) is 4.79 Å². The molecule has 2 atom stereocenters. The van der Waals surface area contributed by atoms with Crippen molar-refractivity contribution in [3.63, 3.8) is 0 Å². The summed E-state index contributed by atoms with van der Waals surface area (Å²) >= 11 is 12.5. The van der Waals surface area contributed by atoms with Crippen LogP contribution in [-0.4, -0.2) is 62.1 Å². The van der Waals surface area contributed by atoms with E-state index in [1.807, 2.05) is 106 Å². The second-order valence-electron chi connectivity index (χ2n) is 10.5. The third-order valence-electron chi connectivity index (χ3n) is 6.82. The molecular formula is C31H36Cl2N4O3. The number of ether oxygens (including phenoxy) is 2. The maximum absolute atomic E-state index is 14.1. The zero-order valence-electron chi connectivity index (χ0n) is 23.7. The predicted molar refractivity (Wildman–Crippen MR) is 162 cm³/mol. The molecule has 3 aromatic rings. The van der Waals surface area contributed by atoms with Gasteiger partial charge in [0.25, 0.3) is 0 Å². The Morgan fingerprint density at radius 3 is 2.25 bits per heavy atom. The van der Waals surface area contributed by atoms with Crippen LogP contribution in [0.15, 0.2) is 71.7 Å². The molecule has 0 spiro atoms. The van der Waals surface area contributed by atoms with Gasteiger partial charge in [-0.25, -0.2) is 4.79 Å². The lowest BCUT2D eigenvalue weighted by atomic mass is 9.81. The van der Waals surface area contributed by atoms with Gasteiger partial charge < -0.3 is 19.7 Å². The van der Waals surface area contributed by atoms with Crippen LogP contribution >= 0.6 is 23.2 Å². The lowest BCUT2D eigenvalue weighted by molar-refractivity contribution is 0.195. The van der Waals surface area contributed by atoms with Crippen LogP contribution in [0.3, 0.4) is 0 Å². The van der Waals surface area contributed by atoms with Crippen molar-refractivity contribution in [2.75, 3.05) is 34.3 Å². The topological polar surface area (TPSA) is 66.4 Å². The first-order chi connectivity index (χ1) is 19.0. The van der Waals surface area contributed by atoms with Crippen molar-refractivity contribution in [1.82, 2.24) is 15.1 Å². The number of hydrogen-bond acceptors (Lipinski definition) is 5. The number of amides is 2. The molecule has 40 heavy (non-hydrogen) atoms. The van der Waals surface area contributed by atoms with Gasteiger partial charge in [-0.15, -0.1) is 0 Å². The molecule has 0 unspecified atom stereocenters. The summed E-state index contributed by atoms with van der Waals surface area (Å²) in [5, 5.41) is 4.34. The Labute approximate surface area is 246 Å². The number of aliphatic imine (C=N–C) groups is 1. The number of methoxy groups -OCH3 is 1. The van der Waals surface area contributed by atoms with Crippen molar-refractivity contribution < 1.29 is 14.3 Å². The molecule has 0 radical (unpaired) electrons. The number of urea groups is 1. The fourth-order valence-electron chi connectivity index (χ4n) is 4.88. The molecule has 1 aliphatic heterocycles. The number of amidine groups is 1. The Morgan fingerprint density at radius 1 is 1.05 bits per heavy atom. The Kier molecular flexibility index (Phi) is 9.29. The SMILES string of the molecule is COc1ccc(C2=N[C@@](C)(c3ccc(Cl)cc3)[C@@H](c3ccc(Cl)cc3)N2C(=O)NCCN(C)C)c(OC(C)C)c1. The van der Waals surface area contributed by atoms with Crippen molar-refractivity contribution >= 4 is 35.1 Å². The highest BCUT2D eigenvalue weighted by Crippen LogP contribution is 2.49. The van der Waals surface area contributed by atoms with Gasteiger partial charge in [0.1, 0.15) is 22.9 Å². The van der Waals surface area contributed by atoms with Gasteiger partial charge in [0.05, 0.1) is 24.8 Å². The molecular weight excluding hydrogens is 547 g/mol. The fraction of sp³-hybridized carbons (Fsp3) is 0.355. The molecule has 0 saturated carbocycles. The minimum Gasteiger partial charge on any atom is -0.497 e. The first-order valence-electron chi connectivity index (χ1n) is 13.2. The number of nitrogens with zero attached hydrogens (tertiary/aromatic N) is 3. The predicted octanol–water partition coefficient (Wildman–Crippen LogP) is 6.78. The molecule has 9 heteroatoms. The molecule has 1 aliphatic rings. The van der Waals surface area contributed by atoms with Crippen molar-refractivity contribution in [2.24, 2.45) is 4.99 Å². The number of hydrogen-bond donors (Lipinski definition) is 1. The molecule has 1 N–H and O–H groups in total. The van der Waals surface area contributed by atoms with E-state index in [2.05, 4.69) is 5.32 Å². The summed E-state index contributed by atoms with van der Waals surface area (Å²) in [7, 11) is 5.55.